The molecular formula is C20H23ClN4O5S3. The minimum Gasteiger partial charge on any atom is -0.365 e. The number of amides is 3. The summed E-state index contributed by atoms with van der Waals surface area (Å²) < 4.78 is 27.5. The summed E-state index contributed by atoms with van der Waals surface area (Å²) in [5.41, 5.74) is 6.70. The van der Waals surface area contributed by atoms with E-state index in [1.165, 1.54) is 28.6 Å². The molecule has 13 heteroatoms. The van der Waals surface area contributed by atoms with Crippen molar-refractivity contribution < 1.29 is 22.8 Å². The van der Waals surface area contributed by atoms with Gasteiger partial charge in [0.2, 0.25) is 11.8 Å². The number of sulfonamides is 1. The quantitative estimate of drug-likeness (QED) is 0.613. The number of carbonyl (C=O) groups is 3. The number of nitrogens with zero attached hydrogens (tertiary/aromatic N) is 2. The molecule has 0 spiro atoms. The van der Waals surface area contributed by atoms with Gasteiger partial charge in [0.1, 0.15) is 9.21 Å². The van der Waals surface area contributed by atoms with Gasteiger partial charge in [0.15, 0.2) is 0 Å². The predicted molar refractivity (Wildman–Crippen MR) is 127 cm³/mol. The van der Waals surface area contributed by atoms with Gasteiger partial charge >= 0.3 is 0 Å². The number of anilines is 1. The molecule has 33 heavy (non-hydrogen) atoms. The molecule has 3 N–H and O–H groups in total. The number of carbonyl (C=O) groups excluding carboxylic acids is 3. The molecule has 2 aliphatic heterocycles. The zero-order chi connectivity index (χ0) is 23.9. The van der Waals surface area contributed by atoms with Gasteiger partial charge in [-0.15, -0.1) is 22.7 Å². The SMILES string of the molecule is CC(=O)N1CCc2c(sc(NC(=O)C3CCN(S(=O)(=O)c4ccc(Cl)s4)CC3)c2C(N)=O)C1. The van der Waals surface area contributed by atoms with E-state index in [0.29, 0.717) is 47.3 Å². The van der Waals surface area contributed by atoms with Crippen LogP contribution in [0.2, 0.25) is 4.34 Å². The van der Waals surface area contributed by atoms with Crippen molar-refractivity contribution in [3.8, 4) is 0 Å². The Morgan fingerprint density at radius 3 is 2.42 bits per heavy atom. The molecule has 0 aliphatic carbocycles. The van der Waals surface area contributed by atoms with Crippen molar-refractivity contribution in [2.24, 2.45) is 11.7 Å². The van der Waals surface area contributed by atoms with Crippen LogP contribution in [0.1, 0.15) is 40.6 Å². The number of hydrogen-bond donors (Lipinski definition) is 2. The number of halogens is 1. The molecule has 2 aromatic heterocycles. The van der Waals surface area contributed by atoms with E-state index < -0.39 is 21.8 Å². The Kier molecular flexibility index (Phi) is 6.83. The van der Waals surface area contributed by atoms with Crippen LogP contribution >= 0.6 is 34.3 Å². The van der Waals surface area contributed by atoms with Gasteiger partial charge in [-0.2, -0.15) is 4.31 Å². The topological polar surface area (TPSA) is 130 Å². The summed E-state index contributed by atoms with van der Waals surface area (Å²) in [5, 5.41) is 3.24. The molecule has 1 saturated heterocycles. The van der Waals surface area contributed by atoms with Crippen molar-refractivity contribution >= 4 is 67.0 Å². The van der Waals surface area contributed by atoms with Crippen LogP contribution in [0.3, 0.4) is 0 Å². The maximum Gasteiger partial charge on any atom is 0.252 e. The van der Waals surface area contributed by atoms with Crippen LogP contribution in [-0.4, -0.2) is 55.0 Å². The van der Waals surface area contributed by atoms with E-state index >= 15 is 0 Å². The van der Waals surface area contributed by atoms with Crippen LogP contribution in [0, 0.1) is 5.92 Å². The summed E-state index contributed by atoms with van der Waals surface area (Å²) in [5.74, 6) is -1.32. The first-order valence-corrected chi connectivity index (χ1v) is 13.8. The molecule has 1 fully saturated rings. The van der Waals surface area contributed by atoms with E-state index in [-0.39, 0.29) is 29.1 Å². The van der Waals surface area contributed by atoms with E-state index in [1.54, 1.807) is 11.0 Å². The largest absolute Gasteiger partial charge is 0.365 e. The van der Waals surface area contributed by atoms with Crippen LogP contribution in [0.15, 0.2) is 16.3 Å². The normalized spacial score (nSPS) is 17.6. The Bertz CT molecular complexity index is 1210. The minimum absolute atomic E-state index is 0.0493. The third-order valence-corrected chi connectivity index (χ3v) is 10.7. The Morgan fingerprint density at radius 1 is 1.15 bits per heavy atom. The fraction of sp³-hybridized carbons (Fsp3) is 0.450. The van der Waals surface area contributed by atoms with Crippen LogP contribution < -0.4 is 11.1 Å². The Morgan fingerprint density at radius 2 is 1.85 bits per heavy atom. The molecule has 0 radical (unpaired) electrons. The average Bonchev–Trinajstić information content (AvgIpc) is 3.36. The third-order valence-electron chi connectivity index (χ3n) is 5.95. The monoisotopic (exact) mass is 530 g/mol. The van der Waals surface area contributed by atoms with E-state index in [0.717, 1.165) is 21.8 Å². The van der Waals surface area contributed by atoms with Crippen LogP contribution in [0.5, 0.6) is 0 Å². The van der Waals surface area contributed by atoms with E-state index in [9.17, 15) is 22.8 Å². The number of thiophene rings is 2. The predicted octanol–water partition coefficient (Wildman–Crippen LogP) is 2.51. The van der Waals surface area contributed by atoms with Gasteiger partial charge in [0.05, 0.1) is 16.4 Å². The molecule has 0 unspecified atom stereocenters. The maximum atomic E-state index is 13.0. The second-order valence-electron chi connectivity index (χ2n) is 7.99. The minimum atomic E-state index is -3.64. The number of nitrogens with one attached hydrogen (secondary N) is 1. The van der Waals surface area contributed by atoms with Gasteiger partial charge in [-0.25, -0.2) is 8.42 Å². The first-order chi connectivity index (χ1) is 15.6. The first kappa shape index (κ1) is 24.1. The molecule has 2 aromatic rings. The van der Waals surface area contributed by atoms with Gasteiger partial charge in [-0.05, 0) is 37.0 Å². The summed E-state index contributed by atoms with van der Waals surface area (Å²) in [6.07, 6.45) is 1.22. The summed E-state index contributed by atoms with van der Waals surface area (Å²) >= 11 is 8.14. The van der Waals surface area contributed by atoms with Crippen molar-refractivity contribution in [3.05, 3.63) is 32.5 Å². The Labute approximate surface area is 204 Å². The number of hydrogen-bond acceptors (Lipinski definition) is 7. The van der Waals surface area contributed by atoms with Gasteiger partial charge in [-0.3, -0.25) is 14.4 Å². The van der Waals surface area contributed by atoms with Crippen LogP contribution in [0.4, 0.5) is 5.00 Å². The molecule has 0 aromatic carbocycles. The number of piperidine rings is 1. The van der Waals surface area contributed by atoms with Crippen LogP contribution in [-0.2, 0) is 32.6 Å². The average molecular weight is 531 g/mol. The molecule has 0 bridgehead atoms. The zero-order valence-electron chi connectivity index (χ0n) is 17.8. The van der Waals surface area contributed by atoms with E-state index in [4.69, 9.17) is 17.3 Å². The number of fused-ring (bicyclic) bond motifs is 1. The standard InChI is InChI=1S/C20H23ClN4O5S3/c1-11(26)24-7-6-13-14(10-24)31-20(17(13)18(22)27)23-19(28)12-4-8-25(9-5-12)33(29,30)16-3-2-15(21)32-16/h2-3,12H,4-10H2,1H3,(H2,22,27)(H,23,28). The fourth-order valence-corrected chi connectivity index (χ4v) is 8.54. The molecule has 4 heterocycles. The molecule has 9 nitrogen and oxygen atoms in total. The van der Waals surface area contributed by atoms with Crippen molar-refractivity contribution in [2.75, 3.05) is 25.0 Å². The Hall–Kier alpha value is -1.99. The lowest BCUT2D eigenvalue weighted by Crippen LogP contribution is -2.41. The first-order valence-electron chi connectivity index (χ1n) is 10.3. The molecule has 2 aliphatic rings. The second-order valence-corrected chi connectivity index (χ2v) is 13.0. The lowest BCUT2D eigenvalue weighted by molar-refractivity contribution is -0.129. The van der Waals surface area contributed by atoms with Crippen molar-refractivity contribution in [2.45, 2.75) is 36.9 Å². The highest BCUT2D eigenvalue weighted by Crippen LogP contribution is 2.38. The molecule has 178 valence electrons. The fourth-order valence-electron chi connectivity index (χ4n) is 4.16. The molecule has 4 rings (SSSR count). The summed E-state index contributed by atoms with van der Waals surface area (Å²) in [7, 11) is -3.64. The summed E-state index contributed by atoms with van der Waals surface area (Å²) in [6, 6.07) is 3.03. The van der Waals surface area contributed by atoms with Crippen molar-refractivity contribution in [3.63, 3.8) is 0 Å². The molecular weight excluding hydrogens is 508 g/mol. The number of primary amides is 1. The number of rotatable bonds is 5. The highest BCUT2D eigenvalue weighted by molar-refractivity contribution is 7.91. The van der Waals surface area contributed by atoms with Crippen molar-refractivity contribution in [1.82, 2.24) is 9.21 Å². The highest BCUT2D eigenvalue weighted by atomic mass is 35.5. The van der Waals surface area contributed by atoms with Gasteiger partial charge in [-0.1, -0.05) is 11.6 Å². The zero-order valence-corrected chi connectivity index (χ0v) is 21.0. The Balaban J connectivity index is 1.44. The molecule has 0 atom stereocenters. The van der Waals surface area contributed by atoms with Gasteiger partial charge in [0.25, 0.3) is 15.9 Å². The maximum absolute atomic E-state index is 13.0. The van der Waals surface area contributed by atoms with Crippen molar-refractivity contribution in [1.29, 1.82) is 0 Å². The smallest absolute Gasteiger partial charge is 0.252 e. The van der Waals surface area contributed by atoms with Gasteiger partial charge < -0.3 is 16.0 Å². The highest BCUT2D eigenvalue weighted by Gasteiger charge is 2.34. The van der Waals surface area contributed by atoms with E-state index in [1.807, 2.05) is 0 Å². The lowest BCUT2D eigenvalue weighted by Gasteiger charge is -2.30. The molecule has 0 saturated carbocycles. The second kappa shape index (κ2) is 9.34. The summed E-state index contributed by atoms with van der Waals surface area (Å²) in [4.78, 5) is 39.3. The number of nitrogens with two attached hydrogens (primary N) is 1. The van der Waals surface area contributed by atoms with Gasteiger partial charge in [0, 0.05) is 37.4 Å². The van der Waals surface area contributed by atoms with Crippen LogP contribution in [0.25, 0.3) is 0 Å². The summed E-state index contributed by atoms with van der Waals surface area (Å²) in [6.45, 7) is 2.81. The lowest BCUT2D eigenvalue weighted by atomic mass is 9.97. The molecule has 3 amide bonds. The third kappa shape index (κ3) is 4.80. The van der Waals surface area contributed by atoms with E-state index in [2.05, 4.69) is 5.32 Å².